The Morgan fingerprint density at radius 3 is 1.52 bits per heavy atom. The van der Waals surface area contributed by atoms with Gasteiger partial charge in [0, 0.05) is 5.92 Å². The van der Waals surface area contributed by atoms with Gasteiger partial charge in [-0.1, -0.05) is 32.6 Å². The zero-order valence-corrected chi connectivity index (χ0v) is 14.5. The number of hydrogen-bond acceptors (Lipinski definition) is 0. The van der Waals surface area contributed by atoms with Gasteiger partial charge in [0.1, 0.15) is 0 Å². The van der Waals surface area contributed by atoms with E-state index in [0.717, 1.165) is 32.1 Å². The molecule has 0 unspecified atom stereocenters. The second-order valence-electron chi connectivity index (χ2n) is 7.88. The molecule has 0 saturated heterocycles. The van der Waals surface area contributed by atoms with Crippen molar-refractivity contribution < 1.29 is 30.7 Å². The van der Waals surface area contributed by atoms with Crippen molar-refractivity contribution in [3.8, 4) is 0 Å². The molecule has 2 rings (SSSR count). The Bertz CT molecular complexity index is 414. The highest BCUT2D eigenvalue weighted by Crippen LogP contribution is 2.54. The first-order valence-electron chi connectivity index (χ1n) is 9.33. The molecule has 0 aromatic rings. The molecule has 0 bridgehead atoms. The average molecular weight is 376 g/mol. The molecule has 0 aromatic heterocycles. The molecule has 148 valence electrons. The van der Waals surface area contributed by atoms with Crippen molar-refractivity contribution in [2.45, 2.75) is 89.2 Å². The van der Waals surface area contributed by atoms with E-state index < -0.39 is 23.9 Å². The smallest absolute Gasteiger partial charge is 0.199 e. The summed E-state index contributed by atoms with van der Waals surface area (Å²) >= 11 is 0. The lowest BCUT2D eigenvalue weighted by atomic mass is 9.67. The SMILES string of the molecule is CCC[C@H]1CC[C@H](C2CCC(C(F)(F)C(F)(F)C(F)(F)F)CC2)CC1. The van der Waals surface area contributed by atoms with E-state index >= 15 is 0 Å². The van der Waals surface area contributed by atoms with Crippen LogP contribution < -0.4 is 0 Å². The van der Waals surface area contributed by atoms with E-state index in [1.165, 1.54) is 6.42 Å². The fraction of sp³-hybridized carbons (Fsp3) is 1.00. The highest BCUT2D eigenvalue weighted by Gasteiger charge is 2.74. The summed E-state index contributed by atoms with van der Waals surface area (Å²) in [5.41, 5.74) is 0. The predicted molar refractivity (Wildman–Crippen MR) is 81.8 cm³/mol. The van der Waals surface area contributed by atoms with Crippen molar-refractivity contribution in [1.29, 1.82) is 0 Å². The van der Waals surface area contributed by atoms with Gasteiger partial charge in [-0.05, 0) is 56.3 Å². The van der Waals surface area contributed by atoms with Crippen molar-refractivity contribution in [2.75, 3.05) is 0 Å². The molecule has 2 aliphatic rings. The van der Waals surface area contributed by atoms with E-state index in [2.05, 4.69) is 6.92 Å². The van der Waals surface area contributed by atoms with Crippen molar-refractivity contribution in [3.05, 3.63) is 0 Å². The molecule has 2 aliphatic carbocycles. The van der Waals surface area contributed by atoms with E-state index in [4.69, 9.17) is 0 Å². The van der Waals surface area contributed by atoms with Crippen LogP contribution in [0.25, 0.3) is 0 Å². The third-order valence-corrected chi connectivity index (χ3v) is 6.31. The number of alkyl halides is 7. The van der Waals surface area contributed by atoms with Gasteiger partial charge < -0.3 is 0 Å². The molecule has 0 nitrogen and oxygen atoms in total. The normalized spacial score (nSPS) is 32.6. The van der Waals surface area contributed by atoms with Crippen LogP contribution in [0, 0.1) is 23.7 Å². The van der Waals surface area contributed by atoms with Crippen LogP contribution in [-0.4, -0.2) is 18.0 Å². The summed E-state index contributed by atoms with van der Waals surface area (Å²) in [6, 6.07) is 0. The molecule has 7 heteroatoms. The van der Waals surface area contributed by atoms with Crippen LogP contribution in [0.4, 0.5) is 30.7 Å². The number of hydrogen-bond donors (Lipinski definition) is 0. The molecule has 2 saturated carbocycles. The summed E-state index contributed by atoms with van der Waals surface area (Å²) in [7, 11) is 0. The Balaban J connectivity index is 1.89. The van der Waals surface area contributed by atoms with Gasteiger partial charge >= 0.3 is 18.0 Å². The predicted octanol–water partition coefficient (Wildman–Crippen LogP) is 7.23. The van der Waals surface area contributed by atoms with Crippen LogP contribution >= 0.6 is 0 Å². The zero-order chi connectivity index (χ0) is 18.9. The topological polar surface area (TPSA) is 0 Å². The second-order valence-corrected chi connectivity index (χ2v) is 7.88. The van der Waals surface area contributed by atoms with Gasteiger partial charge in [-0.2, -0.15) is 30.7 Å². The molecule has 25 heavy (non-hydrogen) atoms. The van der Waals surface area contributed by atoms with Gasteiger partial charge in [0.05, 0.1) is 0 Å². The van der Waals surface area contributed by atoms with Crippen LogP contribution in [-0.2, 0) is 0 Å². The summed E-state index contributed by atoms with van der Waals surface area (Å²) in [6.07, 6.45) is 0.545. The fourth-order valence-corrected chi connectivity index (χ4v) is 4.76. The highest BCUT2D eigenvalue weighted by molar-refractivity contribution is 4.97. The van der Waals surface area contributed by atoms with Crippen molar-refractivity contribution in [1.82, 2.24) is 0 Å². The van der Waals surface area contributed by atoms with Crippen molar-refractivity contribution in [3.63, 3.8) is 0 Å². The van der Waals surface area contributed by atoms with Gasteiger partial charge in [0.15, 0.2) is 0 Å². The molecule has 0 amide bonds. The molecule has 0 atom stereocenters. The van der Waals surface area contributed by atoms with Crippen molar-refractivity contribution in [2.24, 2.45) is 23.7 Å². The number of halogens is 7. The molecular weight excluding hydrogens is 349 g/mol. The Kier molecular flexibility index (Phi) is 6.35. The first kappa shape index (κ1) is 20.8. The highest BCUT2D eigenvalue weighted by atomic mass is 19.4. The van der Waals surface area contributed by atoms with Crippen LogP contribution in [0.2, 0.25) is 0 Å². The summed E-state index contributed by atoms with van der Waals surface area (Å²) in [5.74, 6) is -11.6. The maximum Gasteiger partial charge on any atom is 0.459 e. The minimum absolute atomic E-state index is 0.189. The summed E-state index contributed by atoms with van der Waals surface area (Å²) in [6.45, 7) is 2.14. The van der Waals surface area contributed by atoms with E-state index in [1.54, 1.807) is 0 Å². The lowest BCUT2D eigenvalue weighted by Gasteiger charge is -2.41. The Morgan fingerprint density at radius 2 is 1.12 bits per heavy atom. The zero-order valence-electron chi connectivity index (χ0n) is 14.5. The Hall–Kier alpha value is -0.490. The van der Waals surface area contributed by atoms with Crippen LogP contribution in [0.3, 0.4) is 0 Å². The molecule has 0 heterocycles. The molecule has 0 aromatic carbocycles. The van der Waals surface area contributed by atoms with Gasteiger partial charge in [0.25, 0.3) is 0 Å². The monoisotopic (exact) mass is 376 g/mol. The van der Waals surface area contributed by atoms with Gasteiger partial charge in [-0.15, -0.1) is 0 Å². The largest absolute Gasteiger partial charge is 0.459 e. The Morgan fingerprint density at radius 1 is 0.680 bits per heavy atom. The standard InChI is InChI=1S/C18H27F7/c1-2-3-12-4-6-13(7-5-12)14-8-10-15(11-9-14)16(19,20)17(21,22)18(23,24)25/h12-15H,2-11H2,1H3/t12-,13-,14?,15?. The Labute approximate surface area is 144 Å². The van der Waals surface area contributed by atoms with Crippen LogP contribution in [0.15, 0.2) is 0 Å². The maximum atomic E-state index is 13.8. The van der Waals surface area contributed by atoms with Gasteiger partial charge in [-0.25, -0.2) is 0 Å². The van der Waals surface area contributed by atoms with E-state index in [1.807, 2.05) is 0 Å². The minimum Gasteiger partial charge on any atom is -0.199 e. The summed E-state index contributed by atoms with van der Waals surface area (Å²) in [4.78, 5) is 0. The third-order valence-electron chi connectivity index (χ3n) is 6.31. The first-order chi connectivity index (χ1) is 11.5. The van der Waals surface area contributed by atoms with Crippen LogP contribution in [0.5, 0.6) is 0 Å². The molecule has 0 spiro atoms. The quantitative estimate of drug-likeness (QED) is 0.444. The molecule has 0 radical (unpaired) electrons. The minimum atomic E-state index is -6.22. The van der Waals surface area contributed by atoms with Gasteiger partial charge in [0.2, 0.25) is 0 Å². The van der Waals surface area contributed by atoms with Crippen molar-refractivity contribution >= 4 is 0 Å². The maximum absolute atomic E-state index is 13.8. The number of rotatable bonds is 5. The fourth-order valence-electron chi connectivity index (χ4n) is 4.76. The average Bonchev–Trinajstić information content (AvgIpc) is 2.55. The summed E-state index contributed by atoms with van der Waals surface area (Å²) < 4.78 is 91.0. The van der Waals surface area contributed by atoms with Crippen LogP contribution in [0.1, 0.15) is 71.1 Å². The van der Waals surface area contributed by atoms with Gasteiger partial charge in [-0.3, -0.25) is 0 Å². The lowest BCUT2D eigenvalue weighted by Crippen LogP contribution is -2.56. The molecule has 2 fully saturated rings. The summed E-state index contributed by atoms with van der Waals surface area (Å²) in [5, 5.41) is 0. The van der Waals surface area contributed by atoms with E-state index in [-0.39, 0.29) is 18.8 Å². The third kappa shape index (κ3) is 4.26. The first-order valence-corrected chi connectivity index (χ1v) is 9.33. The molecular formula is C18H27F7. The second kappa shape index (κ2) is 7.63. The molecule has 0 N–H and O–H groups in total. The lowest BCUT2D eigenvalue weighted by molar-refractivity contribution is -0.367. The van der Waals surface area contributed by atoms with E-state index in [9.17, 15) is 30.7 Å². The van der Waals surface area contributed by atoms with E-state index in [0.29, 0.717) is 24.7 Å². The molecule has 0 aliphatic heterocycles.